The van der Waals surface area contributed by atoms with Crippen molar-refractivity contribution in [2.45, 2.75) is 51.1 Å². The summed E-state index contributed by atoms with van der Waals surface area (Å²) in [6.45, 7) is 8.22. The zero-order valence-corrected chi connectivity index (χ0v) is 20.7. The Morgan fingerprint density at radius 1 is 0.971 bits per heavy atom. The van der Waals surface area contributed by atoms with Crippen molar-refractivity contribution in [3.05, 3.63) is 106 Å². The minimum Gasteiger partial charge on any atom is -0.321 e. The Morgan fingerprint density at radius 3 is 2.35 bits per heavy atom. The lowest BCUT2D eigenvalue weighted by molar-refractivity contribution is 0.399. The van der Waals surface area contributed by atoms with Gasteiger partial charge in [0.1, 0.15) is 0 Å². The Hall–Kier alpha value is -3.29. The van der Waals surface area contributed by atoms with E-state index in [0.29, 0.717) is 5.56 Å². The van der Waals surface area contributed by atoms with Gasteiger partial charge in [0, 0.05) is 31.0 Å². The van der Waals surface area contributed by atoms with Crippen molar-refractivity contribution in [3.63, 3.8) is 0 Å². The van der Waals surface area contributed by atoms with Crippen LogP contribution in [0.1, 0.15) is 43.0 Å². The molecule has 4 rings (SSSR count). The van der Waals surface area contributed by atoms with Crippen molar-refractivity contribution >= 4 is 20.9 Å². The van der Waals surface area contributed by atoms with E-state index in [9.17, 15) is 13.2 Å². The molecular weight excluding hydrogens is 446 g/mol. The first kappa shape index (κ1) is 23.9. The van der Waals surface area contributed by atoms with Crippen LogP contribution >= 0.6 is 0 Å². The van der Waals surface area contributed by atoms with Gasteiger partial charge in [0.15, 0.2) is 0 Å². The monoisotopic (exact) mass is 475 g/mol. The van der Waals surface area contributed by atoms with Crippen LogP contribution in [0.3, 0.4) is 0 Å². The number of benzene rings is 2. The number of aromatic nitrogens is 2. The Kier molecular flexibility index (Phi) is 6.43. The van der Waals surface area contributed by atoms with E-state index in [0.717, 1.165) is 27.6 Å². The van der Waals surface area contributed by atoms with E-state index in [1.807, 2.05) is 43.3 Å². The largest absolute Gasteiger partial charge is 0.321 e. The fourth-order valence-corrected chi connectivity index (χ4v) is 5.34. The van der Waals surface area contributed by atoms with Crippen LogP contribution in [-0.2, 0) is 28.5 Å². The van der Waals surface area contributed by atoms with E-state index in [1.54, 1.807) is 36.7 Å². The lowest BCUT2D eigenvalue weighted by Gasteiger charge is -2.23. The van der Waals surface area contributed by atoms with Gasteiger partial charge in [0.05, 0.1) is 10.4 Å². The average Bonchev–Trinajstić information content (AvgIpc) is 2.80. The molecule has 0 fully saturated rings. The molecule has 2 heterocycles. The molecule has 0 amide bonds. The number of fused-ring (bicyclic) bond motifs is 1. The summed E-state index contributed by atoms with van der Waals surface area (Å²) in [5, 5.41) is 0.864. The third-order valence-electron chi connectivity index (χ3n) is 5.95. The Labute approximate surface area is 200 Å². The summed E-state index contributed by atoms with van der Waals surface area (Å²) in [6, 6.07) is 18.1. The number of pyridine rings is 2. The van der Waals surface area contributed by atoms with E-state index < -0.39 is 10.0 Å². The summed E-state index contributed by atoms with van der Waals surface area (Å²) < 4.78 is 28.8. The summed E-state index contributed by atoms with van der Waals surface area (Å²) in [4.78, 5) is 20.1. The first-order chi connectivity index (χ1) is 16.1. The van der Waals surface area contributed by atoms with Crippen molar-refractivity contribution in [3.8, 4) is 0 Å². The molecule has 176 valence electrons. The highest BCUT2D eigenvalue weighted by Gasteiger charge is 2.27. The molecule has 0 aliphatic rings. The molecule has 0 unspecified atom stereocenters. The lowest BCUT2D eigenvalue weighted by atomic mass is 9.87. The third-order valence-corrected chi connectivity index (χ3v) is 7.76. The Bertz CT molecular complexity index is 1470. The van der Waals surface area contributed by atoms with Crippen molar-refractivity contribution in [1.29, 1.82) is 0 Å². The number of hydrogen-bond donors (Lipinski definition) is 1. The van der Waals surface area contributed by atoms with Gasteiger partial charge in [-0.15, -0.1) is 0 Å². The number of nitrogens with one attached hydrogen (secondary N) is 1. The fraction of sp³-hybridized carbons (Fsp3) is 0.259. The molecule has 34 heavy (non-hydrogen) atoms. The molecule has 2 aromatic carbocycles. The van der Waals surface area contributed by atoms with E-state index >= 15 is 0 Å². The Balaban J connectivity index is 1.76. The average molecular weight is 476 g/mol. The van der Waals surface area contributed by atoms with Gasteiger partial charge in [-0.2, -0.15) is 4.31 Å². The molecule has 0 aliphatic carbocycles. The second-order valence-corrected chi connectivity index (χ2v) is 11.5. The van der Waals surface area contributed by atoms with Crippen LogP contribution in [0.25, 0.3) is 10.9 Å². The highest BCUT2D eigenvalue weighted by atomic mass is 32.2. The van der Waals surface area contributed by atoms with Gasteiger partial charge < -0.3 is 4.98 Å². The van der Waals surface area contributed by atoms with Gasteiger partial charge in [0.2, 0.25) is 10.0 Å². The summed E-state index contributed by atoms with van der Waals surface area (Å²) in [5.41, 5.74) is 3.51. The van der Waals surface area contributed by atoms with Gasteiger partial charge in [-0.25, -0.2) is 8.42 Å². The van der Waals surface area contributed by atoms with Crippen LogP contribution in [-0.4, -0.2) is 22.7 Å². The summed E-state index contributed by atoms with van der Waals surface area (Å²) in [6.07, 6.45) is 3.28. The van der Waals surface area contributed by atoms with Crippen LogP contribution in [0.15, 0.2) is 82.7 Å². The number of para-hydroxylation sites is 1. The van der Waals surface area contributed by atoms with E-state index in [2.05, 4.69) is 30.7 Å². The minimum absolute atomic E-state index is 0.0581. The molecule has 0 atom stereocenters. The van der Waals surface area contributed by atoms with Crippen molar-refractivity contribution in [2.75, 3.05) is 0 Å². The first-order valence-electron chi connectivity index (χ1n) is 11.2. The normalized spacial score (nSPS) is 12.4. The molecule has 7 heteroatoms. The van der Waals surface area contributed by atoms with E-state index in [-0.39, 0.29) is 29.0 Å². The maximum atomic E-state index is 13.7. The second-order valence-electron chi connectivity index (χ2n) is 9.57. The zero-order valence-electron chi connectivity index (χ0n) is 19.9. The number of aryl methyl sites for hydroxylation is 1. The van der Waals surface area contributed by atoms with Gasteiger partial charge in [0.25, 0.3) is 5.56 Å². The number of sulfonamides is 1. The smallest absolute Gasteiger partial charge is 0.252 e. The molecule has 0 saturated heterocycles. The topological polar surface area (TPSA) is 83.1 Å². The predicted octanol–water partition coefficient (Wildman–Crippen LogP) is 4.92. The molecule has 0 saturated carbocycles. The highest BCUT2D eigenvalue weighted by Crippen LogP contribution is 2.26. The van der Waals surface area contributed by atoms with Crippen LogP contribution < -0.4 is 5.56 Å². The van der Waals surface area contributed by atoms with Crippen LogP contribution in [0, 0.1) is 6.92 Å². The number of aromatic amines is 1. The van der Waals surface area contributed by atoms with Crippen molar-refractivity contribution in [1.82, 2.24) is 14.3 Å². The quantitative estimate of drug-likeness (QED) is 0.429. The molecule has 0 aliphatic heterocycles. The van der Waals surface area contributed by atoms with Crippen LogP contribution in [0.5, 0.6) is 0 Å². The summed E-state index contributed by atoms with van der Waals surface area (Å²) in [5.74, 6) is 0. The zero-order chi connectivity index (χ0) is 24.5. The molecule has 1 N–H and O–H groups in total. The number of hydrogen-bond acceptors (Lipinski definition) is 4. The molecule has 0 bridgehead atoms. The molecular formula is C27H29N3O3S. The van der Waals surface area contributed by atoms with Gasteiger partial charge in [-0.1, -0.05) is 57.2 Å². The highest BCUT2D eigenvalue weighted by molar-refractivity contribution is 7.89. The standard InChI is InChI=1S/C27H29N3O3S/c1-19-7-5-9-21-15-22(26(31)29-25(19)21)18-30(17-20-8-6-14-28-16-20)34(32,33)24-12-10-23(11-13-24)27(2,3)4/h5-16H,17-18H2,1-4H3,(H,29,31). The second kappa shape index (κ2) is 9.16. The summed E-state index contributed by atoms with van der Waals surface area (Å²) in [7, 11) is -3.89. The minimum atomic E-state index is -3.89. The predicted molar refractivity (Wildman–Crippen MR) is 135 cm³/mol. The molecule has 0 spiro atoms. The number of H-pyrrole nitrogens is 1. The molecule has 6 nitrogen and oxygen atoms in total. The molecule has 4 aromatic rings. The first-order valence-corrected chi connectivity index (χ1v) is 12.6. The maximum absolute atomic E-state index is 13.7. The lowest BCUT2D eigenvalue weighted by Crippen LogP contribution is -2.32. The molecule has 0 radical (unpaired) electrons. The van der Waals surface area contributed by atoms with Gasteiger partial charge in [-0.3, -0.25) is 9.78 Å². The maximum Gasteiger partial charge on any atom is 0.252 e. The molecule has 2 aromatic heterocycles. The van der Waals surface area contributed by atoms with Crippen molar-refractivity contribution in [2.24, 2.45) is 0 Å². The SMILES string of the molecule is Cc1cccc2cc(CN(Cc3cccnc3)S(=O)(=O)c3ccc(C(C)(C)C)cc3)c(=O)[nH]c12. The third kappa shape index (κ3) is 4.95. The summed E-state index contributed by atoms with van der Waals surface area (Å²) >= 11 is 0. The van der Waals surface area contributed by atoms with Gasteiger partial charge >= 0.3 is 0 Å². The number of nitrogens with zero attached hydrogens (tertiary/aromatic N) is 2. The van der Waals surface area contributed by atoms with Gasteiger partial charge in [-0.05, 0) is 58.7 Å². The van der Waals surface area contributed by atoms with Crippen LogP contribution in [0.4, 0.5) is 0 Å². The Morgan fingerprint density at radius 2 is 1.71 bits per heavy atom. The fourth-order valence-electron chi connectivity index (χ4n) is 3.93. The van der Waals surface area contributed by atoms with Crippen LogP contribution in [0.2, 0.25) is 0 Å². The van der Waals surface area contributed by atoms with Crippen molar-refractivity contribution < 1.29 is 8.42 Å². The number of rotatable bonds is 6. The van der Waals surface area contributed by atoms with E-state index in [4.69, 9.17) is 0 Å². The van der Waals surface area contributed by atoms with E-state index in [1.165, 1.54) is 4.31 Å².